The molecular weight excluding hydrogens is 480 g/mol. The maximum Gasteiger partial charge on any atom is 0.254 e. The monoisotopic (exact) mass is 510 g/mol. The molecular formula is C27H31BrN2O3. The number of halogens is 1. The van der Waals surface area contributed by atoms with E-state index in [0.717, 1.165) is 34.4 Å². The Hall–Kier alpha value is -2.86. The van der Waals surface area contributed by atoms with Gasteiger partial charge in [-0.1, -0.05) is 59.3 Å². The number of furan rings is 1. The molecule has 6 heteroatoms. The van der Waals surface area contributed by atoms with E-state index in [0.29, 0.717) is 18.7 Å². The van der Waals surface area contributed by atoms with E-state index in [1.807, 2.05) is 63.2 Å². The summed E-state index contributed by atoms with van der Waals surface area (Å²) >= 11 is 3.43. The van der Waals surface area contributed by atoms with Crippen molar-refractivity contribution in [2.75, 3.05) is 13.1 Å². The van der Waals surface area contributed by atoms with Crippen molar-refractivity contribution < 1.29 is 14.0 Å². The number of aryl methyl sites for hydroxylation is 1. The lowest BCUT2D eigenvalue weighted by molar-refractivity contribution is -0.133. The highest BCUT2D eigenvalue weighted by atomic mass is 79.9. The summed E-state index contributed by atoms with van der Waals surface area (Å²) in [6.07, 6.45) is 1.49. The minimum atomic E-state index is -0.143. The van der Waals surface area contributed by atoms with E-state index >= 15 is 0 Å². The van der Waals surface area contributed by atoms with Crippen LogP contribution in [0.1, 0.15) is 47.7 Å². The summed E-state index contributed by atoms with van der Waals surface area (Å²) in [6, 6.07) is 21.1. The van der Waals surface area contributed by atoms with Crippen LogP contribution in [0.4, 0.5) is 0 Å². The van der Waals surface area contributed by atoms with Crippen molar-refractivity contribution in [3.05, 3.63) is 93.9 Å². The summed E-state index contributed by atoms with van der Waals surface area (Å²) in [7, 11) is 0. The molecule has 0 unspecified atom stereocenters. The minimum Gasteiger partial charge on any atom is -0.464 e. The van der Waals surface area contributed by atoms with Gasteiger partial charge in [0.1, 0.15) is 18.1 Å². The van der Waals surface area contributed by atoms with Crippen molar-refractivity contribution >= 4 is 27.7 Å². The van der Waals surface area contributed by atoms with Crippen LogP contribution in [-0.4, -0.2) is 40.7 Å². The number of rotatable bonds is 10. The number of amides is 2. The Morgan fingerprint density at radius 2 is 1.79 bits per heavy atom. The fourth-order valence-corrected chi connectivity index (χ4v) is 4.04. The highest BCUT2D eigenvalue weighted by Crippen LogP contribution is 2.17. The SMILES string of the molecule is CC[C@@H](C)N(CC(=O)N(CCc1ccccc1)Cc1ccc(C)o1)C(=O)c1cccc(Br)c1. The molecule has 33 heavy (non-hydrogen) atoms. The van der Waals surface area contributed by atoms with E-state index in [-0.39, 0.29) is 24.4 Å². The standard InChI is InChI=1S/C27H31BrN2O3/c1-4-20(2)30(27(32)23-11-8-12-24(28)17-23)19-26(31)29(18-25-14-13-21(3)33-25)16-15-22-9-6-5-7-10-22/h5-14,17,20H,4,15-16,18-19H2,1-3H3/t20-/m1/s1. The number of carbonyl (C=O) groups is 2. The number of nitrogens with zero attached hydrogens (tertiary/aromatic N) is 2. The molecule has 0 N–H and O–H groups in total. The lowest BCUT2D eigenvalue weighted by Crippen LogP contribution is -2.46. The van der Waals surface area contributed by atoms with Gasteiger partial charge in [0.05, 0.1) is 6.54 Å². The number of hydrogen-bond donors (Lipinski definition) is 0. The molecule has 0 aliphatic heterocycles. The largest absolute Gasteiger partial charge is 0.464 e. The first-order chi connectivity index (χ1) is 15.9. The molecule has 1 heterocycles. The van der Waals surface area contributed by atoms with Gasteiger partial charge in [-0.05, 0) is 62.6 Å². The summed E-state index contributed by atoms with van der Waals surface area (Å²) in [5, 5.41) is 0. The van der Waals surface area contributed by atoms with Crippen LogP contribution in [0, 0.1) is 6.92 Å². The molecule has 5 nitrogen and oxygen atoms in total. The van der Waals surface area contributed by atoms with Crippen LogP contribution in [0.2, 0.25) is 0 Å². The van der Waals surface area contributed by atoms with Crippen LogP contribution >= 0.6 is 15.9 Å². The third-order valence-corrected chi connectivity index (χ3v) is 6.26. The molecule has 1 atom stereocenters. The van der Waals surface area contributed by atoms with E-state index in [1.54, 1.807) is 21.9 Å². The van der Waals surface area contributed by atoms with Crippen LogP contribution in [-0.2, 0) is 17.8 Å². The average molecular weight is 511 g/mol. The van der Waals surface area contributed by atoms with Crippen LogP contribution in [0.5, 0.6) is 0 Å². The number of carbonyl (C=O) groups excluding carboxylic acids is 2. The molecule has 0 saturated carbocycles. The maximum absolute atomic E-state index is 13.5. The molecule has 0 saturated heterocycles. The third-order valence-electron chi connectivity index (χ3n) is 5.77. The average Bonchev–Trinajstić information content (AvgIpc) is 3.24. The Morgan fingerprint density at radius 3 is 2.42 bits per heavy atom. The molecule has 0 fully saturated rings. The van der Waals surface area contributed by atoms with Crippen molar-refractivity contribution in [1.29, 1.82) is 0 Å². The van der Waals surface area contributed by atoms with Crippen molar-refractivity contribution in [3.63, 3.8) is 0 Å². The molecule has 174 valence electrons. The Bertz CT molecular complexity index is 1060. The van der Waals surface area contributed by atoms with Gasteiger partial charge in [0.15, 0.2) is 0 Å². The zero-order valence-corrected chi connectivity index (χ0v) is 21.0. The van der Waals surface area contributed by atoms with Crippen molar-refractivity contribution in [3.8, 4) is 0 Å². The summed E-state index contributed by atoms with van der Waals surface area (Å²) in [6.45, 7) is 6.83. The molecule has 0 spiro atoms. The zero-order chi connectivity index (χ0) is 23.8. The summed E-state index contributed by atoms with van der Waals surface area (Å²) in [5.74, 6) is 1.31. The topological polar surface area (TPSA) is 53.8 Å². The van der Waals surface area contributed by atoms with Gasteiger partial charge in [-0.2, -0.15) is 0 Å². The third kappa shape index (κ3) is 7.06. The van der Waals surface area contributed by atoms with Crippen LogP contribution < -0.4 is 0 Å². The Kier molecular flexibility index (Phi) is 8.89. The maximum atomic E-state index is 13.5. The molecule has 2 amide bonds. The van der Waals surface area contributed by atoms with Gasteiger partial charge in [0.2, 0.25) is 5.91 Å². The molecule has 3 rings (SSSR count). The molecule has 0 radical (unpaired) electrons. The lowest BCUT2D eigenvalue weighted by atomic mass is 10.1. The number of benzene rings is 2. The van der Waals surface area contributed by atoms with Crippen LogP contribution in [0.15, 0.2) is 75.6 Å². The fourth-order valence-electron chi connectivity index (χ4n) is 3.64. The first-order valence-electron chi connectivity index (χ1n) is 11.3. The Labute approximate surface area is 204 Å². The van der Waals surface area contributed by atoms with E-state index in [4.69, 9.17) is 4.42 Å². The quantitative estimate of drug-likeness (QED) is 0.343. The van der Waals surface area contributed by atoms with Gasteiger partial charge in [0, 0.05) is 22.6 Å². The van der Waals surface area contributed by atoms with Gasteiger partial charge in [-0.25, -0.2) is 0 Å². The lowest BCUT2D eigenvalue weighted by Gasteiger charge is -2.31. The number of hydrogen-bond acceptors (Lipinski definition) is 3. The molecule has 1 aromatic heterocycles. The molecule has 3 aromatic rings. The van der Waals surface area contributed by atoms with Gasteiger partial charge in [-0.3, -0.25) is 9.59 Å². The normalized spacial score (nSPS) is 11.8. The van der Waals surface area contributed by atoms with Crippen LogP contribution in [0.25, 0.3) is 0 Å². The first kappa shape index (κ1) is 24.8. The summed E-state index contributed by atoms with van der Waals surface area (Å²) in [4.78, 5) is 30.3. The van der Waals surface area contributed by atoms with E-state index in [9.17, 15) is 9.59 Å². The Morgan fingerprint density at radius 1 is 1.03 bits per heavy atom. The smallest absolute Gasteiger partial charge is 0.254 e. The van der Waals surface area contributed by atoms with Gasteiger partial charge in [0.25, 0.3) is 5.91 Å². The van der Waals surface area contributed by atoms with Crippen molar-refractivity contribution in [2.24, 2.45) is 0 Å². The van der Waals surface area contributed by atoms with Gasteiger partial charge < -0.3 is 14.2 Å². The second kappa shape index (κ2) is 11.8. The molecule has 0 aliphatic rings. The van der Waals surface area contributed by atoms with E-state index in [2.05, 4.69) is 28.1 Å². The second-order valence-electron chi connectivity index (χ2n) is 8.26. The van der Waals surface area contributed by atoms with Gasteiger partial charge in [-0.15, -0.1) is 0 Å². The predicted molar refractivity (Wildman–Crippen MR) is 134 cm³/mol. The van der Waals surface area contributed by atoms with Crippen molar-refractivity contribution in [1.82, 2.24) is 9.80 Å². The second-order valence-corrected chi connectivity index (χ2v) is 9.18. The molecule has 0 aliphatic carbocycles. The van der Waals surface area contributed by atoms with Crippen LogP contribution in [0.3, 0.4) is 0 Å². The predicted octanol–water partition coefficient (Wildman–Crippen LogP) is 5.86. The van der Waals surface area contributed by atoms with E-state index in [1.165, 1.54) is 0 Å². The highest BCUT2D eigenvalue weighted by molar-refractivity contribution is 9.10. The Balaban J connectivity index is 1.79. The van der Waals surface area contributed by atoms with Crippen molar-refractivity contribution in [2.45, 2.75) is 46.2 Å². The minimum absolute atomic E-state index is 0.0227. The zero-order valence-electron chi connectivity index (χ0n) is 19.5. The molecule has 2 aromatic carbocycles. The van der Waals surface area contributed by atoms with Gasteiger partial charge >= 0.3 is 0 Å². The highest BCUT2D eigenvalue weighted by Gasteiger charge is 2.26. The van der Waals surface area contributed by atoms with E-state index < -0.39 is 0 Å². The molecule has 0 bridgehead atoms. The summed E-state index contributed by atoms with van der Waals surface area (Å²) in [5.41, 5.74) is 1.73. The first-order valence-corrected chi connectivity index (χ1v) is 12.1. The summed E-state index contributed by atoms with van der Waals surface area (Å²) < 4.78 is 6.57. The fraction of sp³-hybridized carbons (Fsp3) is 0.333.